The van der Waals surface area contributed by atoms with Gasteiger partial charge in [-0.2, -0.15) is 4.31 Å². The number of likely N-dealkylation sites (tertiary alicyclic amines) is 1. The van der Waals surface area contributed by atoms with Crippen LogP contribution in [0, 0.1) is 23.0 Å². The molecule has 0 spiro atoms. The number of sulfonamides is 1. The number of nitrogens with one attached hydrogen (secondary N) is 1. The minimum atomic E-state index is -3.89. The molecule has 0 radical (unpaired) electrons. The van der Waals surface area contributed by atoms with Crippen LogP contribution in [-0.4, -0.2) is 67.1 Å². The summed E-state index contributed by atoms with van der Waals surface area (Å²) in [4.78, 5) is 37.1. The lowest BCUT2D eigenvalue weighted by atomic mass is 9.97. The van der Waals surface area contributed by atoms with Crippen molar-refractivity contribution in [3.05, 3.63) is 33.9 Å². The predicted molar refractivity (Wildman–Crippen MR) is 122 cm³/mol. The van der Waals surface area contributed by atoms with Crippen molar-refractivity contribution in [2.45, 2.75) is 56.8 Å². The summed E-state index contributed by atoms with van der Waals surface area (Å²) in [5.41, 5.74) is 0.165. The second-order valence-corrected chi connectivity index (χ2v) is 10.6. The Morgan fingerprint density at radius 2 is 1.73 bits per heavy atom. The highest BCUT2D eigenvalue weighted by molar-refractivity contribution is 7.89. The van der Waals surface area contributed by atoms with E-state index in [0.29, 0.717) is 18.4 Å². The molecule has 0 unspecified atom stereocenters. The number of hydrogen-bond acceptors (Lipinski definition) is 6. The zero-order valence-electron chi connectivity index (χ0n) is 19.0. The van der Waals surface area contributed by atoms with Crippen molar-refractivity contribution in [1.29, 1.82) is 0 Å². The van der Waals surface area contributed by atoms with Gasteiger partial charge in [0.25, 0.3) is 5.69 Å². The van der Waals surface area contributed by atoms with E-state index in [1.54, 1.807) is 6.92 Å². The van der Waals surface area contributed by atoms with E-state index in [9.17, 15) is 28.1 Å². The topological polar surface area (TPSA) is 130 Å². The molecule has 2 saturated heterocycles. The van der Waals surface area contributed by atoms with Gasteiger partial charge in [-0.1, -0.05) is 18.9 Å². The first kappa shape index (κ1) is 25.1. The number of non-ortho nitro benzene ring substituents is 1. The monoisotopic (exact) mass is 480 g/mol. The lowest BCUT2D eigenvalue weighted by Gasteiger charge is -2.31. The molecule has 2 aliphatic rings. The molecule has 2 aliphatic heterocycles. The first-order valence-electron chi connectivity index (χ1n) is 11.5. The highest BCUT2D eigenvalue weighted by atomic mass is 32.2. The van der Waals surface area contributed by atoms with Crippen molar-refractivity contribution in [3.63, 3.8) is 0 Å². The van der Waals surface area contributed by atoms with Gasteiger partial charge in [-0.05, 0) is 38.2 Å². The highest BCUT2D eigenvalue weighted by Crippen LogP contribution is 2.28. The molecule has 2 heterocycles. The summed E-state index contributed by atoms with van der Waals surface area (Å²) in [5, 5.41) is 13.9. The normalized spacial score (nSPS) is 18.5. The molecular formula is C22H32N4O6S. The molecule has 0 saturated carbocycles. The summed E-state index contributed by atoms with van der Waals surface area (Å²) in [6.45, 7) is 3.77. The molecule has 11 heteroatoms. The van der Waals surface area contributed by atoms with Crippen molar-refractivity contribution in [2.24, 2.45) is 5.92 Å². The van der Waals surface area contributed by atoms with E-state index in [4.69, 9.17) is 0 Å². The summed E-state index contributed by atoms with van der Waals surface area (Å²) < 4.78 is 27.4. The maximum Gasteiger partial charge on any atom is 0.270 e. The quantitative estimate of drug-likeness (QED) is 0.470. The van der Waals surface area contributed by atoms with Crippen LogP contribution in [0.25, 0.3) is 0 Å². The van der Waals surface area contributed by atoms with E-state index in [-0.39, 0.29) is 54.4 Å². The molecule has 0 atom stereocenters. The Hall–Kier alpha value is -2.53. The predicted octanol–water partition coefficient (Wildman–Crippen LogP) is 2.21. The van der Waals surface area contributed by atoms with Gasteiger partial charge in [0.2, 0.25) is 21.8 Å². The van der Waals surface area contributed by atoms with Crippen molar-refractivity contribution in [2.75, 3.05) is 32.7 Å². The number of carbonyl (C=O) groups excluding carboxylic acids is 2. The number of rotatable bonds is 7. The zero-order valence-corrected chi connectivity index (χ0v) is 19.8. The van der Waals surface area contributed by atoms with Crippen LogP contribution < -0.4 is 5.32 Å². The van der Waals surface area contributed by atoms with Crippen LogP contribution in [0.5, 0.6) is 0 Å². The molecule has 2 amide bonds. The molecule has 1 aromatic rings. The number of hydrogen-bond donors (Lipinski definition) is 1. The smallest absolute Gasteiger partial charge is 0.270 e. The number of aryl methyl sites for hydroxylation is 1. The van der Waals surface area contributed by atoms with Crippen molar-refractivity contribution in [1.82, 2.24) is 14.5 Å². The number of carbonyl (C=O) groups is 2. The molecule has 182 valence electrons. The molecule has 0 bridgehead atoms. The Bertz CT molecular complexity index is 981. The van der Waals surface area contributed by atoms with Crippen LogP contribution in [0.3, 0.4) is 0 Å². The van der Waals surface area contributed by atoms with Crippen LogP contribution in [0.1, 0.15) is 50.5 Å². The zero-order chi connectivity index (χ0) is 24.0. The maximum absolute atomic E-state index is 13.0. The van der Waals surface area contributed by atoms with E-state index in [1.807, 2.05) is 4.90 Å². The molecule has 1 N–H and O–H groups in total. The van der Waals surface area contributed by atoms with E-state index in [1.165, 1.54) is 16.4 Å². The van der Waals surface area contributed by atoms with Gasteiger partial charge < -0.3 is 10.2 Å². The molecule has 0 aliphatic carbocycles. The SMILES string of the molecule is Cc1ccc([N+](=O)[O-])cc1S(=O)(=O)N1CCC(C(=O)NCCC(=O)N2CCCCCC2)CC1. The summed E-state index contributed by atoms with van der Waals surface area (Å²) in [7, 11) is -3.89. The van der Waals surface area contributed by atoms with Crippen LogP contribution in [0.15, 0.2) is 23.1 Å². The first-order chi connectivity index (χ1) is 15.7. The van der Waals surface area contributed by atoms with E-state index < -0.39 is 14.9 Å². The Morgan fingerprint density at radius 1 is 1.09 bits per heavy atom. The van der Waals surface area contributed by atoms with Crippen molar-refractivity contribution in [3.8, 4) is 0 Å². The van der Waals surface area contributed by atoms with Crippen LogP contribution >= 0.6 is 0 Å². The minimum Gasteiger partial charge on any atom is -0.355 e. The fraction of sp³-hybridized carbons (Fsp3) is 0.636. The third kappa shape index (κ3) is 6.29. The average molecular weight is 481 g/mol. The van der Waals surface area contributed by atoms with Gasteiger partial charge in [0, 0.05) is 57.2 Å². The lowest BCUT2D eigenvalue weighted by Crippen LogP contribution is -2.43. The maximum atomic E-state index is 13.0. The molecule has 1 aromatic carbocycles. The van der Waals surface area contributed by atoms with E-state index >= 15 is 0 Å². The fourth-order valence-corrected chi connectivity index (χ4v) is 6.11. The van der Waals surface area contributed by atoms with Crippen LogP contribution in [0.4, 0.5) is 5.69 Å². The number of benzene rings is 1. The number of nitro groups is 1. The van der Waals surface area contributed by atoms with Gasteiger partial charge in [0.15, 0.2) is 0 Å². The number of nitrogens with zero attached hydrogens (tertiary/aromatic N) is 3. The summed E-state index contributed by atoms with van der Waals surface area (Å²) in [6, 6.07) is 3.80. The molecule has 33 heavy (non-hydrogen) atoms. The first-order valence-corrected chi connectivity index (χ1v) is 12.9. The largest absolute Gasteiger partial charge is 0.355 e. The number of amides is 2. The summed E-state index contributed by atoms with van der Waals surface area (Å²) >= 11 is 0. The fourth-order valence-electron chi connectivity index (χ4n) is 4.39. The standard InChI is InChI=1S/C22H32N4O6S/c1-17-6-7-19(26(29)30)16-20(17)33(31,32)25-14-9-18(10-15-25)22(28)23-11-8-21(27)24-12-4-2-3-5-13-24/h6-7,16,18H,2-5,8-15H2,1H3,(H,23,28). The van der Waals surface area contributed by atoms with Gasteiger partial charge in [0.1, 0.15) is 0 Å². The van der Waals surface area contributed by atoms with Gasteiger partial charge in [-0.3, -0.25) is 19.7 Å². The number of nitro benzene ring substituents is 1. The molecule has 2 fully saturated rings. The summed E-state index contributed by atoms with van der Waals surface area (Å²) in [6.07, 6.45) is 5.33. The summed E-state index contributed by atoms with van der Waals surface area (Å²) in [5.74, 6) is -0.427. The minimum absolute atomic E-state index is 0.0606. The van der Waals surface area contributed by atoms with E-state index in [0.717, 1.165) is 44.8 Å². The third-order valence-corrected chi connectivity index (χ3v) is 8.46. The Morgan fingerprint density at radius 3 is 2.33 bits per heavy atom. The Balaban J connectivity index is 1.50. The molecule has 0 aromatic heterocycles. The van der Waals surface area contributed by atoms with Crippen molar-refractivity contribution < 1.29 is 22.9 Å². The highest BCUT2D eigenvalue weighted by Gasteiger charge is 2.33. The van der Waals surface area contributed by atoms with Gasteiger partial charge >= 0.3 is 0 Å². The van der Waals surface area contributed by atoms with Crippen molar-refractivity contribution >= 4 is 27.5 Å². The second-order valence-electron chi connectivity index (χ2n) is 8.72. The third-order valence-electron chi connectivity index (χ3n) is 6.42. The van der Waals surface area contributed by atoms with Crippen LogP contribution in [-0.2, 0) is 19.6 Å². The van der Waals surface area contributed by atoms with Crippen LogP contribution in [0.2, 0.25) is 0 Å². The van der Waals surface area contributed by atoms with Gasteiger partial charge in [-0.25, -0.2) is 8.42 Å². The van der Waals surface area contributed by atoms with Gasteiger partial charge in [-0.15, -0.1) is 0 Å². The average Bonchev–Trinajstić information content (AvgIpc) is 3.08. The Kier molecular flexibility index (Phi) is 8.41. The van der Waals surface area contributed by atoms with Gasteiger partial charge in [0.05, 0.1) is 9.82 Å². The molecule has 3 rings (SSSR count). The lowest BCUT2D eigenvalue weighted by molar-refractivity contribution is -0.385. The molecular weight excluding hydrogens is 448 g/mol. The van der Waals surface area contributed by atoms with E-state index in [2.05, 4.69) is 5.32 Å². The number of piperidine rings is 1. The molecule has 10 nitrogen and oxygen atoms in total. The Labute approximate surface area is 194 Å². The second kappa shape index (κ2) is 11.1.